The van der Waals surface area contributed by atoms with Gasteiger partial charge in [0.15, 0.2) is 11.6 Å². The summed E-state index contributed by atoms with van der Waals surface area (Å²) in [5, 5.41) is 11.5. The maximum absolute atomic E-state index is 10.6. The summed E-state index contributed by atoms with van der Waals surface area (Å²) in [4.78, 5) is 23.7. The molecule has 0 spiro atoms. The molecule has 216 valence electrons. The molecule has 1 aromatic heterocycles. The molecule has 2 heterocycles. The first-order valence-electron chi connectivity index (χ1n) is 13.3. The number of fused-ring (bicyclic) bond motifs is 1. The highest BCUT2D eigenvalue weighted by atomic mass is 35.5. The highest BCUT2D eigenvalue weighted by Crippen LogP contribution is 2.29. The minimum absolute atomic E-state index is 0.793. The lowest BCUT2D eigenvalue weighted by Gasteiger charge is -2.36. The smallest absolute Gasteiger partial charge is 0.475 e. The second-order valence-electron chi connectivity index (χ2n) is 9.65. The molecule has 1 aliphatic rings. The quantitative estimate of drug-likeness (QED) is 0.243. The fourth-order valence-corrected chi connectivity index (χ4v) is 4.70. The van der Waals surface area contributed by atoms with E-state index in [1.807, 2.05) is 36.4 Å². The van der Waals surface area contributed by atoms with Crippen LogP contribution in [0, 0.1) is 0 Å². The number of rotatable bonds is 7. The molecule has 0 radical (unpaired) electrons. The molecule has 0 saturated carbocycles. The fourth-order valence-electron chi connectivity index (χ4n) is 4.49. The van der Waals surface area contributed by atoms with Crippen LogP contribution < -0.4 is 10.2 Å². The Morgan fingerprint density at radius 3 is 2.15 bits per heavy atom. The van der Waals surface area contributed by atoms with Crippen LogP contribution in [-0.2, 0) is 17.8 Å². The van der Waals surface area contributed by atoms with Crippen LogP contribution in [0.3, 0.4) is 0 Å². The molecule has 5 rings (SSSR count). The second kappa shape index (κ2) is 13.6. The second-order valence-corrected chi connectivity index (χ2v) is 10.1. The number of halogens is 4. The summed E-state index contributed by atoms with van der Waals surface area (Å²) in [6.07, 6.45) is -2.84. The zero-order valence-corrected chi connectivity index (χ0v) is 23.3. The molecule has 7 nitrogen and oxygen atoms in total. The van der Waals surface area contributed by atoms with Crippen LogP contribution in [0.2, 0.25) is 5.02 Å². The van der Waals surface area contributed by atoms with E-state index in [1.54, 1.807) is 0 Å². The van der Waals surface area contributed by atoms with Gasteiger partial charge in [-0.2, -0.15) is 13.2 Å². The van der Waals surface area contributed by atoms with Crippen LogP contribution >= 0.6 is 11.6 Å². The molecule has 0 aliphatic carbocycles. The molecule has 4 aromatic rings. The van der Waals surface area contributed by atoms with Crippen molar-refractivity contribution in [2.45, 2.75) is 32.5 Å². The average Bonchev–Trinajstić information content (AvgIpc) is 2.94. The Balaban J connectivity index is 0.000000493. The predicted octanol–water partition coefficient (Wildman–Crippen LogP) is 6.93. The van der Waals surface area contributed by atoms with Crippen molar-refractivity contribution < 1.29 is 23.1 Å². The molecular weight excluding hydrogens is 555 g/mol. The molecular formula is C30H31ClF3N5O2. The van der Waals surface area contributed by atoms with E-state index in [-0.39, 0.29) is 0 Å². The van der Waals surface area contributed by atoms with E-state index in [9.17, 15) is 13.2 Å². The van der Waals surface area contributed by atoms with Gasteiger partial charge in [-0.15, -0.1) is 0 Å². The topological polar surface area (TPSA) is 81.6 Å². The van der Waals surface area contributed by atoms with Crippen molar-refractivity contribution in [2.75, 3.05) is 36.4 Å². The zero-order valence-electron chi connectivity index (χ0n) is 22.5. The molecule has 0 bridgehead atoms. The minimum atomic E-state index is -5.08. The SMILES string of the molecule is CCCc1ccc(Nc2nc3ccccc3nc2N2CCN(Cc3cccc(Cl)c3)CC2)cc1.O=C(O)C(F)(F)F. The number of carboxylic acids is 1. The lowest BCUT2D eigenvalue weighted by atomic mass is 10.1. The van der Waals surface area contributed by atoms with Gasteiger partial charge in [-0.1, -0.05) is 61.3 Å². The van der Waals surface area contributed by atoms with E-state index in [1.165, 1.54) is 11.1 Å². The Morgan fingerprint density at radius 2 is 1.56 bits per heavy atom. The lowest BCUT2D eigenvalue weighted by Crippen LogP contribution is -2.46. The van der Waals surface area contributed by atoms with E-state index in [0.29, 0.717) is 0 Å². The molecule has 1 saturated heterocycles. The third-order valence-corrected chi connectivity index (χ3v) is 6.75. The number of hydrogen-bond donors (Lipinski definition) is 2. The first-order valence-corrected chi connectivity index (χ1v) is 13.6. The summed E-state index contributed by atoms with van der Waals surface area (Å²) in [6, 6.07) is 24.9. The van der Waals surface area contributed by atoms with Gasteiger partial charge in [-0.05, 0) is 53.9 Å². The summed E-state index contributed by atoms with van der Waals surface area (Å²) in [6.45, 7) is 6.85. The molecule has 3 aromatic carbocycles. The lowest BCUT2D eigenvalue weighted by molar-refractivity contribution is -0.192. The monoisotopic (exact) mass is 585 g/mol. The van der Waals surface area contributed by atoms with Crippen LogP contribution in [-0.4, -0.2) is 58.3 Å². The van der Waals surface area contributed by atoms with E-state index in [4.69, 9.17) is 31.5 Å². The number of benzene rings is 3. The zero-order chi connectivity index (χ0) is 29.4. The van der Waals surface area contributed by atoms with Gasteiger partial charge in [0.1, 0.15) is 0 Å². The van der Waals surface area contributed by atoms with Gasteiger partial charge >= 0.3 is 12.1 Å². The molecule has 1 aliphatic heterocycles. The number of carboxylic acid groups (broad SMARTS) is 1. The molecule has 41 heavy (non-hydrogen) atoms. The first-order chi connectivity index (χ1) is 19.6. The van der Waals surface area contributed by atoms with Crippen LogP contribution in [0.5, 0.6) is 0 Å². The van der Waals surface area contributed by atoms with Gasteiger partial charge < -0.3 is 15.3 Å². The summed E-state index contributed by atoms with van der Waals surface area (Å²) >= 11 is 6.17. The van der Waals surface area contributed by atoms with E-state index in [2.05, 4.69) is 58.4 Å². The third-order valence-electron chi connectivity index (χ3n) is 6.52. The van der Waals surface area contributed by atoms with Crippen LogP contribution in [0.1, 0.15) is 24.5 Å². The highest BCUT2D eigenvalue weighted by molar-refractivity contribution is 6.30. The molecule has 11 heteroatoms. The molecule has 0 atom stereocenters. The molecule has 1 fully saturated rings. The number of nitrogens with one attached hydrogen (secondary N) is 1. The number of carbonyl (C=O) groups is 1. The Bertz CT molecular complexity index is 1460. The predicted molar refractivity (Wildman–Crippen MR) is 156 cm³/mol. The number of para-hydroxylation sites is 2. The number of aromatic nitrogens is 2. The summed E-state index contributed by atoms with van der Waals surface area (Å²) < 4.78 is 31.7. The maximum Gasteiger partial charge on any atom is 0.490 e. The van der Waals surface area contributed by atoms with E-state index >= 15 is 0 Å². The first kappa shape index (κ1) is 30.1. The highest BCUT2D eigenvalue weighted by Gasteiger charge is 2.38. The van der Waals surface area contributed by atoms with E-state index < -0.39 is 12.1 Å². The van der Waals surface area contributed by atoms with Gasteiger partial charge in [-0.3, -0.25) is 4.90 Å². The van der Waals surface area contributed by atoms with Crippen LogP contribution in [0.15, 0.2) is 72.8 Å². The van der Waals surface area contributed by atoms with Crippen LogP contribution in [0.4, 0.5) is 30.5 Å². The van der Waals surface area contributed by atoms with Crippen molar-refractivity contribution in [3.05, 3.63) is 88.9 Å². The Morgan fingerprint density at radius 1 is 0.927 bits per heavy atom. The largest absolute Gasteiger partial charge is 0.490 e. The van der Waals surface area contributed by atoms with Gasteiger partial charge in [0.25, 0.3) is 0 Å². The minimum Gasteiger partial charge on any atom is -0.475 e. The summed E-state index contributed by atoms with van der Waals surface area (Å²) in [5.41, 5.74) is 5.46. The third kappa shape index (κ3) is 8.55. The van der Waals surface area contributed by atoms with Crippen molar-refractivity contribution in [3.8, 4) is 0 Å². The van der Waals surface area contributed by atoms with Crippen molar-refractivity contribution >= 4 is 45.9 Å². The van der Waals surface area contributed by atoms with Crippen LogP contribution in [0.25, 0.3) is 11.0 Å². The Kier molecular flexibility index (Phi) is 10.0. The Labute approximate surface area is 241 Å². The van der Waals surface area contributed by atoms with Gasteiger partial charge in [0.2, 0.25) is 0 Å². The van der Waals surface area contributed by atoms with E-state index in [0.717, 1.165) is 78.9 Å². The van der Waals surface area contributed by atoms with Crippen molar-refractivity contribution in [2.24, 2.45) is 0 Å². The van der Waals surface area contributed by atoms with Gasteiger partial charge in [0.05, 0.1) is 11.0 Å². The summed E-state index contributed by atoms with van der Waals surface area (Å²) in [5.74, 6) is -1.03. The van der Waals surface area contributed by atoms with Gasteiger partial charge in [-0.25, -0.2) is 14.8 Å². The maximum atomic E-state index is 10.6. The number of aryl methyl sites for hydroxylation is 1. The number of anilines is 3. The number of aliphatic carboxylic acids is 1. The fraction of sp³-hybridized carbons (Fsp3) is 0.300. The molecule has 0 amide bonds. The average molecular weight is 586 g/mol. The molecule has 2 N–H and O–H groups in total. The number of alkyl halides is 3. The standard InChI is InChI=1S/C28H30ClN5.C2HF3O2/c1-2-6-21-11-13-24(14-12-21)30-27-28(32-26-10-4-3-9-25(26)31-27)34-17-15-33(16-18-34)20-22-7-5-8-23(29)19-22;3-2(4,5)1(6)7/h3-5,7-14,19H,2,6,15-18,20H2,1H3,(H,30,31);(H,6,7). The Hall–Kier alpha value is -3.89. The van der Waals surface area contributed by atoms with Crippen molar-refractivity contribution in [3.63, 3.8) is 0 Å². The molecule has 0 unspecified atom stereocenters. The number of nitrogens with zero attached hydrogens (tertiary/aromatic N) is 4. The van der Waals surface area contributed by atoms with Crippen molar-refractivity contribution in [1.29, 1.82) is 0 Å². The summed E-state index contributed by atoms with van der Waals surface area (Å²) in [7, 11) is 0. The van der Waals surface area contributed by atoms with Gasteiger partial charge in [0, 0.05) is 43.4 Å². The number of piperazine rings is 1. The normalized spacial score (nSPS) is 13.9. The van der Waals surface area contributed by atoms with Crippen molar-refractivity contribution in [1.82, 2.24) is 14.9 Å². The number of hydrogen-bond acceptors (Lipinski definition) is 6.